The van der Waals surface area contributed by atoms with E-state index >= 15 is 0 Å². The average Bonchev–Trinajstić information content (AvgIpc) is 3.47. The minimum atomic E-state index is -3.52. The number of benzene rings is 2. The lowest BCUT2D eigenvalue weighted by Gasteiger charge is -2.12. The number of carbonyl (C=O) groups excluding carboxylic acids is 1. The normalized spacial score (nSPS) is 14.0. The van der Waals surface area contributed by atoms with Crippen LogP contribution in [0.25, 0.3) is 0 Å². The van der Waals surface area contributed by atoms with Crippen LogP contribution in [0.3, 0.4) is 0 Å². The molecule has 2 aromatic rings. The molecule has 2 aromatic carbocycles. The van der Waals surface area contributed by atoms with E-state index in [0.717, 1.165) is 25.7 Å². The Balaban J connectivity index is 1.68. The van der Waals surface area contributed by atoms with Gasteiger partial charge in [-0.2, -0.15) is 0 Å². The first-order valence-electron chi connectivity index (χ1n) is 9.15. The van der Waals surface area contributed by atoms with Crippen LogP contribution in [0.5, 0.6) is 5.75 Å². The Labute approximate surface area is 160 Å². The van der Waals surface area contributed by atoms with Gasteiger partial charge in [0.05, 0.1) is 17.2 Å². The van der Waals surface area contributed by atoms with Gasteiger partial charge >= 0.3 is 0 Å². The molecule has 1 amide bonds. The van der Waals surface area contributed by atoms with E-state index in [1.807, 2.05) is 18.2 Å². The van der Waals surface area contributed by atoms with Crippen molar-refractivity contribution in [3.8, 4) is 5.75 Å². The molecule has 0 atom stereocenters. The van der Waals surface area contributed by atoms with Crippen LogP contribution in [0.4, 0.5) is 5.69 Å². The van der Waals surface area contributed by atoms with Crippen molar-refractivity contribution in [3.05, 3.63) is 54.1 Å². The number of rotatable bonds is 9. The molecule has 0 spiro atoms. The first-order valence-corrected chi connectivity index (χ1v) is 10.6. The fourth-order valence-electron chi connectivity index (χ4n) is 2.49. The Morgan fingerprint density at radius 1 is 1.11 bits per heavy atom. The highest BCUT2D eigenvalue weighted by molar-refractivity contribution is 7.89. The number of nitrogens with one attached hydrogen (secondary N) is 2. The van der Waals surface area contributed by atoms with Crippen LogP contribution in [0, 0.1) is 0 Å². The van der Waals surface area contributed by atoms with Crippen LogP contribution in [-0.4, -0.2) is 27.0 Å². The molecule has 0 aliphatic heterocycles. The van der Waals surface area contributed by atoms with E-state index in [-0.39, 0.29) is 16.8 Å². The fraction of sp³-hybridized carbons (Fsp3) is 0.350. The molecule has 1 aliphatic carbocycles. The lowest BCUT2D eigenvalue weighted by molar-refractivity contribution is 0.102. The van der Waals surface area contributed by atoms with Crippen molar-refractivity contribution < 1.29 is 17.9 Å². The maximum Gasteiger partial charge on any atom is 0.255 e. The summed E-state index contributed by atoms with van der Waals surface area (Å²) >= 11 is 0. The third kappa shape index (κ3) is 5.30. The summed E-state index contributed by atoms with van der Waals surface area (Å²) in [6.07, 6.45) is 3.71. The summed E-state index contributed by atoms with van der Waals surface area (Å²) in [6, 6.07) is 13.2. The molecule has 1 saturated carbocycles. The summed E-state index contributed by atoms with van der Waals surface area (Å²) in [5.74, 6) is 0.299. The Morgan fingerprint density at radius 3 is 2.48 bits per heavy atom. The zero-order valence-electron chi connectivity index (χ0n) is 15.3. The maximum atomic E-state index is 12.5. The predicted octanol–water partition coefficient (Wildman–Crippen LogP) is 3.56. The number of sulfonamides is 1. The Kier molecular flexibility index (Phi) is 6.13. The number of ether oxygens (including phenoxy) is 1. The average molecular weight is 388 g/mol. The van der Waals surface area contributed by atoms with Crippen molar-refractivity contribution in [2.75, 3.05) is 11.9 Å². The SMILES string of the molecule is CCCCOc1ccccc1NC(=O)c1ccc(S(=O)(=O)NC2CC2)cc1. The molecule has 3 rings (SSSR count). The van der Waals surface area contributed by atoms with Crippen molar-refractivity contribution in [1.29, 1.82) is 0 Å². The lowest BCUT2D eigenvalue weighted by Crippen LogP contribution is -2.25. The summed E-state index contributed by atoms with van der Waals surface area (Å²) in [5.41, 5.74) is 0.967. The monoisotopic (exact) mass is 388 g/mol. The van der Waals surface area contributed by atoms with Crippen molar-refractivity contribution in [1.82, 2.24) is 4.72 Å². The molecule has 0 aromatic heterocycles. The topological polar surface area (TPSA) is 84.5 Å². The molecule has 1 aliphatic rings. The molecule has 0 unspecified atom stereocenters. The summed E-state index contributed by atoms with van der Waals surface area (Å²) < 4.78 is 32.7. The zero-order chi connectivity index (χ0) is 19.3. The van der Waals surface area contributed by atoms with Gasteiger partial charge < -0.3 is 10.1 Å². The number of unbranched alkanes of at least 4 members (excludes halogenated alkanes) is 1. The van der Waals surface area contributed by atoms with Crippen LogP contribution in [-0.2, 0) is 10.0 Å². The molecule has 1 fully saturated rings. The quantitative estimate of drug-likeness (QED) is 0.643. The number of hydrogen-bond acceptors (Lipinski definition) is 4. The number of carbonyl (C=O) groups is 1. The molecule has 27 heavy (non-hydrogen) atoms. The van der Waals surface area contributed by atoms with Crippen LogP contribution >= 0.6 is 0 Å². The maximum absolute atomic E-state index is 12.5. The summed E-state index contributed by atoms with van der Waals surface area (Å²) in [6.45, 7) is 2.67. The van der Waals surface area contributed by atoms with Crippen molar-refractivity contribution >= 4 is 21.6 Å². The van der Waals surface area contributed by atoms with E-state index in [1.54, 1.807) is 6.07 Å². The van der Waals surface area contributed by atoms with Gasteiger partial charge in [0.15, 0.2) is 0 Å². The van der Waals surface area contributed by atoms with Gasteiger partial charge in [0.25, 0.3) is 5.91 Å². The van der Waals surface area contributed by atoms with Gasteiger partial charge in [-0.25, -0.2) is 13.1 Å². The molecule has 0 bridgehead atoms. The first kappa shape index (κ1) is 19.4. The number of hydrogen-bond donors (Lipinski definition) is 2. The molecule has 7 heteroatoms. The summed E-state index contributed by atoms with van der Waals surface area (Å²) in [5, 5.41) is 2.83. The van der Waals surface area contributed by atoms with Gasteiger partial charge in [0.2, 0.25) is 10.0 Å². The Bertz CT molecular complexity index is 890. The smallest absolute Gasteiger partial charge is 0.255 e. The van der Waals surface area contributed by atoms with Crippen molar-refractivity contribution in [2.45, 2.75) is 43.5 Å². The lowest BCUT2D eigenvalue weighted by atomic mass is 10.2. The summed E-state index contributed by atoms with van der Waals surface area (Å²) in [4.78, 5) is 12.7. The second-order valence-corrected chi connectivity index (χ2v) is 8.29. The molecule has 144 valence electrons. The standard InChI is InChI=1S/C20H24N2O4S/c1-2-3-14-26-19-7-5-4-6-18(19)21-20(23)15-8-12-17(13-9-15)27(24,25)22-16-10-11-16/h4-9,12-13,16,22H,2-3,10-11,14H2,1H3,(H,21,23). The highest BCUT2D eigenvalue weighted by Crippen LogP contribution is 2.25. The van der Waals surface area contributed by atoms with E-state index in [2.05, 4.69) is 17.0 Å². The second kappa shape index (κ2) is 8.54. The summed E-state index contributed by atoms with van der Waals surface area (Å²) in [7, 11) is -3.52. The van der Waals surface area contributed by atoms with Crippen LogP contribution < -0.4 is 14.8 Å². The van der Waals surface area contributed by atoms with Crippen molar-refractivity contribution in [2.24, 2.45) is 0 Å². The molecular formula is C20H24N2O4S. The number of para-hydroxylation sites is 2. The molecule has 2 N–H and O–H groups in total. The fourth-order valence-corrected chi connectivity index (χ4v) is 3.80. The van der Waals surface area contributed by atoms with Gasteiger partial charge in [0, 0.05) is 11.6 Å². The molecular weight excluding hydrogens is 364 g/mol. The van der Waals surface area contributed by atoms with Crippen LogP contribution in [0.15, 0.2) is 53.4 Å². The van der Waals surface area contributed by atoms with E-state index < -0.39 is 10.0 Å². The first-order chi connectivity index (χ1) is 13.0. The molecule has 0 radical (unpaired) electrons. The van der Waals surface area contributed by atoms with Crippen LogP contribution in [0.1, 0.15) is 43.0 Å². The highest BCUT2D eigenvalue weighted by atomic mass is 32.2. The van der Waals surface area contributed by atoms with E-state index in [4.69, 9.17) is 4.74 Å². The van der Waals surface area contributed by atoms with Gasteiger partial charge in [-0.3, -0.25) is 4.79 Å². The Hall–Kier alpha value is -2.38. The zero-order valence-corrected chi connectivity index (χ0v) is 16.1. The third-order valence-corrected chi connectivity index (χ3v) is 5.75. The van der Waals surface area contributed by atoms with Gasteiger partial charge in [0.1, 0.15) is 5.75 Å². The second-order valence-electron chi connectivity index (χ2n) is 6.57. The Morgan fingerprint density at radius 2 is 1.81 bits per heavy atom. The van der Waals surface area contributed by atoms with Gasteiger partial charge in [-0.1, -0.05) is 25.5 Å². The van der Waals surface area contributed by atoms with E-state index in [0.29, 0.717) is 23.6 Å². The van der Waals surface area contributed by atoms with Gasteiger partial charge in [-0.15, -0.1) is 0 Å². The molecule has 0 heterocycles. The van der Waals surface area contributed by atoms with Gasteiger partial charge in [-0.05, 0) is 55.7 Å². The third-order valence-electron chi connectivity index (χ3n) is 4.22. The van der Waals surface area contributed by atoms with Crippen LogP contribution in [0.2, 0.25) is 0 Å². The van der Waals surface area contributed by atoms with E-state index in [9.17, 15) is 13.2 Å². The molecule has 0 saturated heterocycles. The highest BCUT2D eigenvalue weighted by Gasteiger charge is 2.28. The largest absolute Gasteiger partial charge is 0.491 e. The molecule has 6 nitrogen and oxygen atoms in total. The minimum absolute atomic E-state index is 0.0437. The minimum Gasteiger partial charge on any atom is -0.491 e. The van der Waals surface area contributed by atoms with E-state index in [1.165, 1.54) is 24.3 Å². The number of anilines is 1. The number of amides is 1. The predicted molar refractivity (Wildman–Crippen MR) is 105 cm³/mol. The van der Waals surface area contributed by atoms with Crippen molar-refractivity contribution in [3.63, 3.8) is 0 Å².